The zero-order chi connectivity index (χ0) is 18.6. The van der Waals surface area contributed by atoms with Crippen molar-refractivity contribution >= 4 is 15.9 Å². The van der Waals surface area contributed by atoms with Gasteiger partial charge in [0.2, 0.25) is 15.9 Å². The molecule has 0 atom stereocenters. The van der Waals surface area contributed by atoms with Crippen LogP contribution in [0, 0.1) is 5.41 Å². The predicted molar refractivity (Wildman–Crippen MR) is 97.8 cm³/mol. The van der Waals surface area contributed by atoms with E-state index < -0.39 is 15.4 Å². The van der Waals surface area contributed by atoms with E-state index in [2.05, 4.69) is 5.32 Å². The lowest BCUT2D eigenvalue weighted by molar-refractivity contribution is -0.136. The monoisotopic (exact) mass is 381 g/mol. The number of nitrogens with one attached hydrogen (secondary N) is 1. The molecule has 3 N–H and O–H groups in total. The molecule has 8 heteroatoms. The maximum Gasteiger partial charge on any atom is 0.243 e. The Morgan fingerprint density at radius 3 is 2.35 bits per heavy atom. The summed E-state index contributed by atoms with van der Waals surface area (Å²) >= 11 is 0. The fourth-order valence-corrected chi connectivity index (χ4v) is 5.03. The lowest BCUT2D eigenvalue weighted by atomic mass is 9.79. The van der Waals surface area contributed by atoms with Crippen molar-refractivity contribution in [3.8, 4) is 0 Å². The van der Waals surface area contributed by atoms with E-state index in [9.17, 15) is 13.2 Å². The van der Waals surface area contributed by atoms with E-state index >= 15 is 0 Å². The minimum Gasteiger partial charge on any atom is -0.381 e. The molecule has 7 nitrogen and oxygen atoms in total. The smallest absolute Gasteiger partial charge is 0.243 e. The molecule has 2 fully saturated rings. The molecule has 0 bridgehead atoms. The summed E-state index contributed by atoms with van der Waals surface area (Å²) in [5.41, 5.74) is 6.15. The molecule has 26 heavy (non-hydrogen) atoms. The molecule has 1 amide bonds. The number of carbonyl (C=O) groups is 1. The van der Waals surface area contributed by atoms with Crippen LogP contribution in [-0.4, -0.2) is 51.5 Å². The summed E-state index contributed by atoms with van der Waals surface area (Å²) in [6.07, 6.45) is 3.08. The maximum absolute atomic E-state index is 12.6. The van der Waals surface area contributed by atoms with Crippen molar-refractivity contribution in [1.29, 1.82) is 0 Å². The summed E-state index contributed by atoms with van der Waals surface area (Å²) in [7, 11) is -3.40. The van der Waals surface area contributed by atoms with Crippen LogP contribution >= 0.6 is 0 Å². The van der Waals surface area contributed by atoms with Crippen molar-refractivity contribution < 1.29 is 17.9 Å². The van der Waals surface area contributed by atoms with Crippen LogP contribution in [-0.2, 0) is 26.1 Å². The molecule has 1 aromatic rings. The Bertz CT molecular complexity index is 721. The molecule has 0 radical (unpaired) electrons. The third-order valence-electron chi connectivity index (χ3n) is 5.40. The number of carbonyl (C=O) groups excluding carboxylic acids is 1. The fourth-order valence-electron chi connectivity index (χ4n) is 3.51. The molecular formula is C18H27N3O4S. The highest BCUT2D eigenvalue weighted by Crippen LogP contribution is 2.29. The molecule has 144 valence electrons. The van der Waals surface area contributed by atoms with Crippen LogP contribution in [0.4, 0.5) is 0 Å². The second-order valence-electron chi connectivity index (χ2n) is 7.03. The predicted octanol–water partition coefficient (Wildman–Crippen LogP) is 0.843. The van der Waals surface area contributed by atoms with E-state index in [1.54, 1.807) is 24.3 Å². The molecule has 0 unspecified atom stereocenters. The van der Waals surface area contributed by atoms with E-state index in [0.717, 1.165) is 18.4 Å². The van der Waals surface area contributed by atoms with E-state index in [-0.39, 0.29) is 5.91 Å². The van der Waals surface area contributed by atoms with Crippen molar-refractivity contribution in [3.63, 3.8) is 0 Å². The Balaban J connectivity index is 1.61. The number of rotatable bonds is 6. The van der Waals surface area contributed by atoms with E-state index in [1.807, 2.05) is 0 Å². The summed E-state index contributed by atoms with van der Waals surface area (Å²) in [4.78, 5) is 12.9. The van der Waals surface area contributed by atoms with Gasteiger partial charge >= 0.3 is 0 Å². The minimum absolute atomic E-state index is 0.0583. The van der Waals surface area contributed by atoms with Crippen molar-refractivity contribution in [2.75, 3.05) is 32.8 Å². The standard InChI is InChI=1S/C18H27N3O4S/c19-14-18(7-11-25-12-8-18)17(22)20-13-15-3-5-16(6-4-15)26(23,24)21-9-1-2-10-21/h3-6H,1-2,7-14,19H2,(H,20,22). The van der Waals surface area contributed by atoms with Crippen LogP contribution in [0.15, 0.2) is 29.2 Å². The first-order valence-corrected chi connectivity index (χ1v) is 10.6. The normalized spacial score (nSPS) is 20.8. The second kappa shape index (κ2) is 8.04. The second-order valence-corrected chi connectivity index (χ2v) is 8.97. The van der Waals surface area contributed by atoms with Crippen LogP contribution in [0.5, 0.6) is 0 Å². The van der Waals surface area contributed by atoms with Gasteiger partial charge in [-0.3, -0.25) is 4.79 Å². The number of hydrogen-bond donors (Lipinski definition) is 2. The van der Waals surface area contributed by atoms with Crippen molar-refractivity contribution in [3.05, 3.63) is 29.8 Å². The topological polar surface area (TPSA) is 102 Å². The van der Waals surface area contributed by atoms with Crippen molar-refractivity contribution in [2.45, 2.75) is 37.1 Å². The summed E-state index contributed by atoms with van der Waals surface area (Å²) < 4.78 is 31.9. The molecule has 0 spiro atoms. The van der Waals surface area contributed by atoms with Crippen molar-refractivity contribution in [1.82, 2.24) is 9.62 Å². The summed E-state index contributed by atoms with van der Waals surface area (Å²) in [5.74, 6) is -0.0583. The van der Waals surface area contributed by atoms with Gasteiger partial charge in [-0.05, 0) is 43.4 Å². The Morgan fingerprint density at radius 1 is 1.15 bits per heavy atom. The van der Waals surface area contributed by atoms with Gasteiger partial charge in [0.25, 0.3) is 0 Å². The lowest BCUT2D eigenvalue weighted by Crippen LogP contribution is -2.48. The Labute approximate surface area is 154 Å². The zero-order valence-corrected chi connectivity index (χ0v) is 15.8. The van der Waals surface area contributed by atoms with Crippen LogP contribution in [0.2, 0.25) is 0 Å². The Kier molecular flexibility index (Phi) is 5.96. The van der Waals surface area contributed by atoms with Crippen LogP contribution in [0.3, 0.4) is 0 Å². The molecule has 2 heterocycles. The molecule has 0 aliphatic carbocycles. The van der Waals surface area contributed by atoms with E-state index in [4.69, 9.17) is 10.5 Å². The summed E-state index contributed by atoms with van der Waals surface area (Å²) in [6.45, 7) is 2.93. The molecule has 0 saturated carbocycles. The van der Waals surface area contributed by atoms with Gasteiger partial charge in [-0.1, -0.05) is 12.1 Å². The maximum atomic E-state index is 12.6. The average Bonchev–Trinajstić information content (AvgIpc) is 3.22. The molecule has 3 rings (SSSR count). The number of nitrogens with two attached hydrogens (primary N) is 1. The lowest BCUT2D eigenvalue weighted by Gasteiger charge is -2.34. The quantitative estimate of drug-likeness (QED) is 0.760. The molecule has 1 aromatic carbocycles. The third-order valence-corrected chi connectivity index (χ3v) is 7.31. The van der Waals surface area contributed by atoms with Gasteiger partial charge < -0.3 is 15.8 Å². The molecular weight excluding hydrogens is 354 g/mol. The number of sulfonamides is 1. The molecule has 2 saturated heterocycles. The third kappa shape index (κ3) is 3.93. The van der Waals surface area contributed by atoms with Crippen LogP contribution in [0.25, 0.3) is 0 Å². The number of hydrogen-bond acceptors (Lipinski definition) is 5. The van der Waals surface area contributed by atoms with Crippen LogP contribution < -0.4 is 11.1 Å². The van der Waals surface area contributed by atoms with Gasteiger partial charge in [0.05, 0.1) is 10.3 Å². The Morgan fingerprint density at radius 2 is 1.77 bits per heavy atom. The van der Waals surface area contributed by atoms with Gasteiger partial charge in [0.15, 0.2) is 0 Å². The number of ether oxygens (including phenoxy) is 1. The van der Waals surface area contributed by atoms with Gasteiger partial charge in [-0.25, -0.2) is 8.42 Å². The first-order valence-electron chi connectivity index (χ1n) is 9.13. The zero-order valence-electron chi connectivity index (χ0n) is 14.9. The van der Waals surface area contributed by atoms with Gasteiger partial charge in [-0.2, -0.15) is 4.31 Å². The number of amides is 1. The SMILES string of the molecule is NCC1(C(=O)NCc2ccc(S(=O)(=O)N3CCCC3)cc2)CCOCC1. The first kappa shape index (κ1) is 19.3. The average molecular weight is 381 g/mol. The number of benzene rings is 1. The van der Waals surface area contributed by atoms with E-state index in [1.165, 1.54) is 4.31 Å². The van der Waals surface area contributed by atoms with Crippen molar-refractivity contribution in [2.24, 2.45) is 11.1 Å². The largest absolute Gasteiger partial charge is 0.381 e. The van der Waals surface area contributed by atoms with Gasteiger partial charge in [-0.15, -0.1) is 0 Å². The Hall–Kier alpha value is -1.48. The number of nitrogens with zero attached hydrogens (tertiary/aromatic N) is 1. The first-order chi connectivity index (χ1) is 12.5. The molecule has 0 aromatic heterocycles. The van der Waals surface area contributed by atoms with Gasteiger partial charge in [0, 0.05) is 39.4 Å². The molecule has 2 aliphatic heterocycles. The fraction of sp³-hybridized carbons (Fsp3) is 0.611. The van der Waals surface area contributed by atoms with Gasteiger partial charge in [0.1, 0.15) is 0 Å². The molecule has 2 aliphatic rings. The minimum atomic E-state index is -3.40. The summed E-state index contributed by atoms with van der Waals surface area (Å²) in [5, 5.41) is 2.94. The highest BCUT2D eigenvalue weighted by atomic mass is 32.2. The summed E-state index contributed by atoms with van der Waals surface area (Å²) in [6, 6.07) is 6.73. The highest BCUT2D eigenvalue weighted by molar-refractivity contribution is 7.89. The van der Waals surface area contributed by atoms with E-state index in [0.29, 0.717) is 57.1 Å². The highest BCUT2D eigenvalue weighted by Gasteiger charge is 2.38. The van der Waals surface area contributed by atoms with Crippen LogP contribution in [0.1, 0.15) is 31.2 Å².